The van der Waals surface area contributed by atoms with Crippen molar-refractivity contribution in [2.75, 3.05) is 0 Å². The van der Waals surface area contributed by atoms with Gasteiger partial charge >= 0.3 is 16.8 Å². The van der Waals surface area contributed by atoms with Crippen LogP contribution < -0.4 is 71.9 Å². The van der Waals surface area contributed by atoms with E-state index in [0.29, 0.717) is 0 Å². The van der Waals surface area contributed by atoms with E-state index in [2.05, 4.69) is 21.9 Å². The van der Waals surface area contributed by atoms with Crippen LogP contribution in [0.25, 0.3) is 0 Å². The van der Waals surface area contributed by atoms with Gasteiger partial charge in [0.05, 0.1) is 0 Å². The molecule has 0 atom stereocenters. The molecule has 0 amide bonds. The third-order valence-corrected chi connectivity index (χ3v) is 0.298. The fourth-order valence-electron chi connectivity index (χ4n) is 0. The van der Waals surface area contributed by atoms with Gasteiger partial charge in [0.2, 0.25) is 11.9 Å². The molecule has 0 aliphatic heterocycles. The molecule has 0 saturated heterocycles. The summed E-state index contributed by atoms with van der Waals surface area (Å²) in [5.74, 6) is 8.83. The van der Waals surface area contributed by atoms with Gasteiger partial charge in [-0.05, 0) is 0 Å². The number of halogens is 2. The van der Waals surface area contributed by atoms with Gasteiger partial charge in [-0.15, -0.1) is 30.7 Å². The van der Waals surface area contributed by atoms with Crippen molar-refractivity contribution in [3.63, 3.8) is 0 Å². The molecule has 0 fully saturated rings. The van der Waals surface area contributed by atoms with Crippen LogP contribution in [0.3, 0.4) is 0 Å². The molecule has 0 saturated carbocycles. The summed E-state index contributed by atoms with van der Waals surface area (Å²) in [5, 5.41) is 5.72. The molecule has 21 heavy (non-hydrogen) atoms. The van der Waals surface area contributed by atoms with Crippen LogP contribution in [0.1, 0.15) is 0 Å². The van der Waals surface area contributed by atoms with Crippen LogP contribution in [0, 0.1) is 20.5 Å². The predicted molar refractivity (Wildman–Crippen MR) is 40.0 cm³/mol. The van der Waals surface area contributed by atoms with E-state index < -0.39 is 20.5 Å². The SMILES string of the molecule is NN=C(N)N.NN=C(N)N.[Co+2].[O-][Cl+3]([O-])([O-])[O-].[O-][Cl+3]([O-])([O-])[O-]. The van der Waals surface area contributed by atoms with Crippen LogP contribution >= 0.6 is 0 Å². The predicted octanol–water partition coefficient (Wildman–Crippen LogP) is -13.2. The first kappa shape index (κ1) is 32.0. The van der Waals surface area contributed by atoms with Gasteiger partial charge in [0.25, 0.3) is 0 Å². The molecule has 1 radical (unpaired) electrons. The number of nitrogens with two attached hydrogens (primary N) is 6. The number of hydrazone groups is 2. The third kappa shape index (κ3) is 640. The zero-order valence-electron chi connectivity index (χ0n) is 9.71. The van der Waals surface area contributed by atoms with Crippen molar-refractivity contribution in [3.8, 4) is 0 Å². The Bertz CT molecular complexity index is 230. The summed E-state index contributed by atoms with van der Waals surface area (Å²) in [7, 11) is -9.89. The van der Waals surface area contributed by atoms with Crippen LogP contribution in [0.2, 0.25) is 0 Å². The second kappa shape index (κ2) is 17.0. The molecule has 0 rings (SSSR count). The van der Waals surface area contributed by atoms with Crippen molar-refractivity contribution in [2.24, 2.45) is 44.8 Å². The van der Waals surface area contributed by atoms with E-state index in [4.69, 9.17) is 60.2 Å². The Morgan fingerprint density at radius 3 is 0.619 bits per heavy atom. The van der Waals surface area contributed by atoms with Crippen LogP contribution in [-0.4, -0.2) is 11.9 Å². The van der Waals surface area contributed by atoms with E-state index in [9.17, 15) is 0 Å². The summed E-state index contributed by atoms with van der Waals surface area (Å²) in [6.45, 7) is 0. The average molecular weight is 406 g/mol. The van der Waals surface area contributed by atoms with E-state index in [0.717, 1.165) is 0 Å². The van der Waals surface area contributed by atoms with Crippen LogP contribution in [0.4, 0.5) is 0 Å². The Morgan fingerprint density at radius 2 is 0.619 bits per heavy atom. The second-order valence-corrected chi connectivity index (χ2v) is 3.38. The Hall–Kier alpha value is -1.09. The molecule has 0 aromatic heterocycles. The van der Waals surface area contributed by atoms with Gasteiger partial charge in [0.1, 0.15) is 0 Å². The van der Waals surface area contributed by atoms with E-state index in [1.54, 1.807) is 0 Å². The van der Waals surface area contributed by atoms with E-state index in [1.807, 2.05) is 0 Å². The van der Waals surface area contributed by atoms with Crippen molar-refractivity contribution in [1.29, 1.82) is 0 Å². The molecule has 19 heteroatoms. The molecule has 12 N–H and O–H groups in total. The maximum Gasteiger partial charge on any atom is 2.00 e. The van der Waals surface area contributed by atoms with Gasteiger partial charge in [-0.1, -0.05) is 0 Å². The standard InChI is InChI=1S/2CH6N4.2ClHO4.Co/c2*2-1(3)5-4;2*2-1(3,4)5;/h2*4H2,(H4,2,3,5);2*(H,2,3,4,5);/q;;;;+2/p-2. The molecule has 0 unspecified atom stereocenters. The van der Waals surface area contributed by atoms with E-state index in [1.165, 1.54) is 0 Å². The van der Waals surface area contributed by atoms with E-state index >= 15 is 0 Å². The van der Waals surface area contributed by atoms with Crippen molar-refractivity contribution >= 4 is 11.9 Å². The summed E-state index contributed by atoms with van der Waals surface area (Å²) in [4.78, 5) is 0. The molecular weight excluding hydrogens is 394 g/mol. The van der Waals surface area contributed by atoms with Crippen molar-refractivity contribution in [1.82, 2.24) is 0 Å². The average Bonchev–Trinajstić information content (AvgIpc) is 2.13. The van der Waals surface area contributed by atoms with Gasteiger partial charge in [0.15, 0.2) is 0 Å². The van der Waals surface area contributed by atoms with Gasteiger partial charge in [-0.3, -0.25) is 0 Å². The third-order valence-electron chi connectivity index (χ3n) is 0.298. The van der Waals surface area contributed by atoms with Gasteiger partial charge < -0.3 is 34.6 Å². The molecule has 131 valence electrons. The van der Waals surface area contributed by atoms with Crippen LogP contribution in [0.5, 0.6) is 0 Å². The minimum Gasteiger partial charge on any atom is -0.369 e. The van der Waals surface area contributed by atoms with Gasteiger partial charge in [-0.25, -0.2) is 37.3 Å². The number of guanidine groups is 2. The second-order valence-electron chi connectivity index (χ2n) is 1.86. The van der Waals surface area contributed by atoms with Crippen molar-refractivity contribution in [3.05, 3.63) is 0 Å². The summed E-state index contributed by atoms with van der Waals surface area (Å²) >= 11 is 0. The molecule has 0 bridgehead atoms. The summed E-state index contributed by atoms with van der Waals surface area (Å²) in [5.41, 5.74) is 18.8. The Labute approximate surface area is 131 Å². The minimum absolute atomic E-state index is 0. The normalized spacial score (nSPS) is 8.76. The zero-order valence-corrected chi connectivity index (χ0v) is 12.3. The largest absolute Gasteiger partial charge is 2.00 e. The monoisotopic (exact) mass is 405 g/mol. The summed E-state index contributed by atoms with van der Waals surface area (Å²) in [6.07, 6.45) is 0. The fraction of sp³-hybridized carbons (Fsp3) is 0. The zero-order chi connectivity index (χ0) is 17.6. The molecule has 0 aromatic carbocycles. The Kier molecular flexibility index (Phi) is 25.9. The molecule has 16 nitrogen and oxygen atoms in total. The maximum atomic E-state index is 8.49. The minimum atomic E-state index is -4.94. The van der Waals surface area contributed by atoms with Gasteiger partial charge in [-0.2, -0.15) is 0 Å². The topological polar surface area (TPSA) is 365 Å². The number of rotatable bonds is 0. The first-order valence-corrected chi connectivity index (χ1v) is 5.82. The molecule has 0 aliphatic carbocycles. The smallest absolute Gasteiger partial charge is 0.369 e. The molecule has 0 heterocycles. The summed E-state index contributed by atoms with van der Waals surface area (Å²) in [6, 6.07) is 0. The van der Waals surface area contributed by atoms with Gasteiger partial charge in [0, 0.05) is 0 Å². The molecule has 0 spiro atoms. The summed E-state index contributed by atoms with van der Waals surface area (Å²) < 4.78 is 67.9. The number of hydrogen-bond acceptors (Lipinski definition) is 12. The van der Waals surface area contributed by atoms with E-state index in [-0.39, 0.29) is 28.7 Å². The Balaban J connectivity index is -0.0000000533. The first-order chi connectivity index (χ1) is 8.54. The maximum absolute atomic E-state index is 8.49. The van der Waals surface area contributed by atoms with Crippen molar-refractivity contribution < 1.29 is 74.5 Å². The molecule has 0 aromatic rings. The number of hydrogen-bond donors (Lipinski definition) is 6. The molecular formula is C2H12Cl2CoN8O8. The number of nitrogens with zero attached hydrogens (tertiary/aromatic N) is 2. The first-order valence-electron chi connectivity index (χ1n) is 3.35. The van der Waals surface area contributed by atoms with Crippen molar-refractivity contribution in [2.45, 2.75) is 0 Å². The van der Waals surface area contributed by atoms with Crippen LogP contribution in [0.15, 0.2) is 10.2 Å². The quantitative estimate of drug-likeness (QED) is 0.0941. The fourth-order valence-corrected chi connectivity index (χ4v) is 0. The molecule has 0 aliphatic rings. The van der Waals surface area contributed by atoms with Crippen LogP contribution in [-0.2, 0) is 16.8 Å². The Morgan fingerprint density at radius 1 is 0.571 bits per heavy atom.